The Balaban J connectivity index is 1.34. The van der Waals surface area contributed by atoms with E-state index >= 15 is 0 Å². The van der Waals surface area contributed by atoms with Gasteiger partial charge in [-0.15, -0.1) is 0 Å². The maximum Gasteiger partial charge on any atom is 0.243 e. The molecular weight excluding hydrogens is 453 g/mol. The monoisotopic (exact) mass is 475 g/mol. The topological polar surface area (TPSA) is 99.3 Å². The first-order valence-corrected chi connectivity index (χ1v) is 13.2. The van der Waals surface area contributed by atoms with Crippen LogP contribution in [0.25, 0.3) is 16.5 Å². The minimum Gasteiger partial charge on any atom is -0.360 e. The molecule has 2 aliphatic rings. The fraction of sp³-hybridized carbons (Fsp3) is 0.273. The normalized spacial score (nSPS) is 18.1. The maximum absolute atomic E-state index is 13.4. The molecule has 0 unspecified atom stereocenters. The van der Waals surface area contributed by atoms with Crippen LogP contribution in [-0.2, 0) is 20.0 Å². The van der Waals surface area contributed by atoms with Crippen molar-refractivity contribution in [2.24, 2.45) is 0 Å². The summed E-state index contributed by atoms with van der Waals surface area (Å²) in [6.45, 7) is 0.500. The molecule has 0 saturated heterocycles. The van der Waals surface area contributed by atoms with E-state index in [1.807, 2.05) is 12.3 Å². The molecule has 1 aromatic heterocycles. The molecule has 1 aliphatic carbocycles. The molecule has 1 fully saturated rings. The Morgan fingerprint density at radius 3 is 2.38 bits per heavy atom. The number of hydrogen-bond donors (Lipinski definition) is 2. The van der Waals surface area contributed by atoms with Gasteiger partial charge in [0.1, 0.15) is 5.82 Å². The molecule has 2 heterocycles. The molecule has 0 spiro atoms. The lowest BCUT2D eigenvalue weighted by atomic mass is 10.00. The number of aromatic amines is 1. The number of fused-ring (bicyclic) bond motifs is 1. The second-order valence-electron chi connectivity index (χ2n) is 8.10. The van der Waals surface area contributed by atoms with Gasteiger partial charge in [-0.3, -0.25) is 0 Å². The quantitative estimate of drug-likeness (QED) is 0.572. The predicted octanol–water partition coefficient (Wildman–Crippen LogP) is 3.23. The van der Waals surface area contributed by atoms with Gasteiger partial charge in [0.25, 0.3) is 0 Å². The third kappa shape index (κ3) is 3.99. The molecule has 0 radical (unpaired) electrons. The molecule has 2 aromatic carbocycles. The molecule has 2 N–H and O–H groups in total. The van der Waals surface area contributed by atoms with Crippen molar-refractivity contribution in [2.45, 2.75) is 35.1 Å². The number of nitrogens with one attached hydrogen (secondary N) is 2. The molecule has 32 heavy (non-hydrogen) atoms. The zero-order chi connectivity index (χ0) is 22.5. The zero-order valence-corrected chi connectivity index (χ0v) is 18.7. The van der Waals surface area contributed by atoms with Crippen LogP contribution in [0.2, 0.25) is 0 Å². The van der Waals surface area contributed by atoms with E-state index in [9.17, 15) is 21.2 Å². The van der Waals surface area contributed by atoms with Crippen LogP contribution >= 0.6 is 0 Å². The summed E-state index contributed by atoms with van der Waals surface area (Å²) in [5, 5.41) is 0.894. The molecule has 0 amide bonds. The van der Waals surface area contributed by atoms with Gasteiger partial charge in [0.05, 0.1) is 9.79 Å². The van der Waals surface area contributed by atoms with Crippen LogP contribution in [0.4, 0.5) is 4.39 Å². The molecule has 10 heteroatoms. The Hall–Kier alpha value is -2.53. The van der Waals surface area contributed by atoms with Crippen LogP contribution in [0.1, 0.15) is 24.8 Å². The lowest BCUT2D eigenvalue weighted by Crippen LogP contribution is -2.34. The van der Waals surface area contributed by atoms with E-state index < -0.39 is 20.0 Å². The van der Waals surface area contributed by atoms with Gasteiger partial charge in [-0.25, -0.2) is 25.9 Å². The Morgan fingerprint density at radius 2 is 1.72 bits per heavy atom. The molecule has 0 bridgehead atoms. The first kappa shape index (κ1) is 21.3. The van der Waals surface area contributed by atoms with Crippen LogP contribution in [-0.4, -0.2) is 45.3 Å². The average molecular weight is 476 g/mol. The van der Waals surface area contributed by atoms with Crippen LogP contribution in [0, 0.1) is 5.82 Å². The fourth-order valence-corrected chi connectivity index (χ4v) is 6.59. The van der Waals surface area contributed by atoms with E-state index in [0.29, 0.717) is 18.5 Å². The van der Waals surface area contributed by atoms with E-state index in [1.54, 1.807) is 6.07 Å². The summed E-state index contributed by atoms with van der Waals surface area (Å²) in [5.74, 6) is -0.317. The van der Waals surface area contributed by atoms with Crippen molar-refractivity contribution in [3.05, 3.63) is 66.1 Å². The molecule has 7 nitrogen and oxygen atoms in total. The van der Waals surface area contributed by atoms with Gasteiger partial charge < -0.3 is 4.98 Å². The lowest BCUT2D eigenvalue weighted by Gasteiger charge is -2.26. The van der Waals surface area contributed by atoms with E-state index in [4.69, 9.17) is 0 Å². The van der Waals surface area contributed by atoms with Crippen LogP contribution in [0.15, 0.2) is 64.5 Å². The molecule has 1 aliphatic heterocycles. The van der Waals surface area contributed by atoms with E-state index in [0.717, 1.165) is 29.4 Å². The standard InChI is InChI=1S/C22H22FN3O4S2/c23-16-1-8-20-21(14-24-22(20)13-16)15-9-11-26(12-10-15)32(29,30)19-6-4-18(5-7-19)31(27,28)25-17-2-3-17/h1,4-9,13-14,17,24-25H,2-3,10-12H2. The molecule has 1 saturated carbocycles. The van der Waals surface area contributed by atoms with Gasteiger partial charge in [0.15, 0.2) is 0 Å². The summed E-state index contributed by atoms with van der Waals surface area (Å²) < 4.78 is 68.1. The van der Waals surface area contributed by atoms with Crippen LogP contribution in [0.5, 0.6) is 0 Å². The van der Waals surface area contributed by atoms with E-state index in [1.165, 1.54) is 40.7 Å². The molecule has 5 rings (SSSR count). The summed E-state index contributed by atoms with van der Waals surface area (Å²) in [6.07, 6.45) is 5.85. The Bertz CT molecular complexity index is 1420. The minimum atomic E-state index is -3.76. The van der Waals surface area contributed by atoms with Crippen LogP contribution < -0.4 is 4.72 Å². The number of hydrogen-bond acceptors (Lipinski definition) is 4. The number of aromatic nitrogens is 1. The highest BCUT2D eigenvalue weighted by molar-refractivity contribution is 7.89. The second kappa shape index (κ2) is 7.80. The number of nitrogens with zero attached hydrogens (tertiary/aromatic N) is 1. The average Bonchev–Trinajstić information content (AvgIpc) is 3.48. The molecule has 168 valence electrons. The van der Waals surface area contributed by atoms with Gasteiger partial charge >= 0.3 is 0 Å². The Morgan fingerprint density at radius 1 is 1.00 bits per heavy atom. The van der Waals surface area contributed by atoms with Crippen molar-refractivity contribution < 1.29 is 21.2 Å². The van der Waals surface area contributed by atoms with Gasteiger partial charge in [-0.1, -0.05) is 6.08 Å². The summed E-state index contributed by atoms with van der Waals surface area (Å²) >= 11 is 0. The van der Waals surface area contributed by atoms with Gasteiger partial charge in [0, 0.05) is 41.8 Å². The number of rotatable bonds is 6. The Kier molecular flexibility index (Phi) is 5.20. The van der Waals surface area contributed by atoms with Gasteiger partial charge in [0.2, 0.25) is 20.0 Å². The van der Waals surface area contributed by atoms with Crippen molar-refractivity contribution in [3.63, 3.8) is 0 Å². The van der Waals surface area contributed by atoms with Crippen molar-refractivity contribution in [1.82, 2.24) is 14.0 Å². The summed E-state index contributed by atoms with van der Waals surface area (Å²) in [4.78, 5) is 3.17. The zero-order valence-electron chi connectivity index (χ0n) is 17.1. The van der Waals surface area contributed by atoms with Gasteiger partial charge in [-0.2, -0.15) is 4.31 Å². The molecule has 0 atom stereocenters. The van der Waals surface area contributed by atoms with Crippen molar-refractivity contribution in [3.8, 4) is 0 Å². The van der Waals surface area contributed by atoms with E-state index in [2.05, 4.69) is 9.71 Å². The first-order chi connectivity index (χ1) is 15.2. The largest absolute Gasteiger partial charge is 0.360 e. The first-order valence-electron chi connectivity index (χ1n) is 10.3. The second-order valence-corrected chi connectivity index (χ2v) is 11.8. The number of benzene rings is 2. The number of sulfonamides is 2. The summed E-state index contributed by atoms with van der Waals surface area (Å²) in [6, 6.07) is 9.87. The third-order valence-electron chi connectivity index (χ3n) is 5.83. The van der Waals surface area contributed by atoms with Crippen molar-refractivity contribution in [1.29, 1.82) is 0 Å². The minimum absolute atomic E-state index is 0.0195. The highest BCUT2D eigenvalue weighted by Crippen LogP contribution is 2.31. The summed E-state index contributed by atoms with van der Waals surface area (Å²) in [7, 11) is -7.39. The SMILES string of the molecule is O=S(=O)(NC1CC1)c1ccc(S(=O)(=O)N2CC=C(c3c[nH]c4cc(F)ccc34)CC2)cc1. The molecule has 3 aromatic rings. The highest BCUT2D eigenvalue weighted by Gasteiger charge is 2.30. The van der Waals surface area contributed by atoms with E-state index in [-0.39, 0.29) is 28.2 Å². The van der Waals surface area contributed by atoms with Gasteiger partial charge in [-0.05, 0) is 67.3 Å². The highest BCUT2D eigenvalue weighted by atomic mass is 32.2. The van der Waals surface area contributed by atoms with Crippen molar-refractivity contribution >= 4 is 36.5 Å². The predicted molar refractivity (Wildman–Crippen MR) is 119 cm³/mol. The lowest BCUT2D eigenvalue weighted by molar-refractivity contribution is 0.441. The fourth-order valence-electron chi connectivity index (χ4n) is 3.91. The van der Waals surface area contributed by atoms with Crippen molar-refractivity contribution in [2.75, 3.05) is 13.1 Å². The maximum atomic E-state index is 13.4. The smallest absolute Gasteiger partial charge is 0.243 e. The third-order valence-corrected chi connectivity index (χ3v) is 9.25. The number of halogens is 1. The molecular formula is C22H22FN3O4S2. The summed E-state index contributed by atoms with van der Waals surface area (Å²) in [5.41, 5.74) is 2.64. The Labute approximate surface area is 186 Å². The van der Waals surface area contributed by atoms with Crippen LogP contribution in [0.3, 0.4) is 0 Å². The number of H-pyrrole nitrogens is 1.